The molecule has 1 fully saturated rings. The largest absolute Gasteiger partial charge is 0.497 e. The van der Waals surface area contributed by atoms with Crippen LogP contribution in [0.2, 0.25) is 0 Å². The molecule has 1 aromatic rings. The quantitative estimate of drug-likeness (QED) is 0.844. The average Bonchev–Trinajstić information content (AvgIpc) is 3.04. The summed E-state index contributed by atoms with van der Waals surface area (Å²) in [7, 11) is 3.21. The maximum absolute atomic E-state index is 12.8. The molecule has 26 heavy (non-hydrogen) atoms. The smallest absolute Gasteiger partial charge is 0.225 e. The van der Waals surface area contributed by atoms with Crippen molar-refractivity contribution in [1.29, 1.82) is 0 Å². The maximum atomic E-state index is 12.8. The van der Waals surface area contributed by atoms with Crippen LogP contribution in [0, 0.1) is 11.8 Å². The van der Waals surface area contributed by atoms with Crippen molar-refractivity contribution >= 4 is 11.8 Å². The van der Waals surface area contributed by atoms with E-state index in [4.69, 9.17) is 9.47 Å². The first kappa shape index (κ1) is 20.1. The number of nitrogens with one attached hydrogen (secondary N) is 1. The Morgan fingerprint density at radius 1 is 1.12 bits per heavy atom. The lowest BCUT2D eigenvalue weighted by atomic mass is 9.87. The molecule has 144 valence electrons. The second-order valence-electron chi connectivity index (χ2n) is 7.38. The molecule has 1 aliphatic heterocycles. The molecule has 2 rings (SSSR count). The van der Waals surface area contributed by atoms with Gasteiger partial charge in [-0.2, -0.15) is 0 Å². The predicted molar refractivity (Wildman–Crippen MR) is 100 cm³/mol. The molecular weight excluding hydrogens is 332 g/mol. The SMILES string of the molecule is COc1ccc(C2CN(C(=O)C(C)C)CC2C(=O)NC(C)C)c(OC)c1. The topological polar surface area (TPSA) is 67.9 Å². The van der Waals surface area contributed by atoms with Gasteiger partial charge in [0, 0.05) is 42.6 Å². The fraction of sp³-hybridized carbons (Fsp3) is 0.600. The molecule has 6 heteroatoms. The lowest BCUT2D eigenvalue weighted by Crippen LogP contribution is -2.39. The number of amides is 2. The van der Waals surface area contributed by atoms with Crippen molar-refractivity contribution in [3.8, 4) is 11.5 Å². The highest BCUT2D eigenvalue weighted by molar-refractivity contribution is 5.84. The number of carbonyl (C=O) groups excluding carboxylic acids is 2. The summed E-state index contributed by atoms with van der Waals surface area (Å²) >= 11 is 0. The van der Waals surface area contributed by atoms with E-state index in [1.54, 1.807) is 19.1 Å². The van der Waals surface area contributed by atoms with E-state index < -0.39 is 0 Å². The standard InChI is InChI=1S/C20H30N2O4/c1-12(2)20(24)22-10-16(17(11-22)19(23)21-13(3)4)15-8-7-14(25-5)9-18(15)26-6/h7-9,12-13,16-17H,10-11H2,1-6H3,(H,21,23). The van der Waals surface area contributed by atoms with Crippen LogP contribution in [-0.4, -0.2) is 50.1 Å². The molecule has 2 unspecified atom stereocenters. The first-order valence-corrected chi connectivity index (χ1v) is 9.09. The molecule has 1 heterocycles. The number of hydrogen-bond acceptors (Lipinski definition) is 4. The second kappa shape index (κ2) is 8.43. The zero-order valence-corrected chi connectivity index (χ0v) is 16.5. The third-order valence-corrected chi connectivity index (χ3v) is 4.73. The first-order chi connectivity index (χ1) is 12.3. The van der Waals surface area contributed by atoms with Gasteiger partial charge >= 0.3 is 0 Å². The lowest BCUT2D eigenvalue weighted by molar-refractivity contribution is -0.133. The van der Waals surface area contributed by atoms with Crippen LogP contribution in [0.5, 0.6) is 11.5 Å². The Morgan fingerprint density at radius 2 is 1.81 bits per heavy atom. The summed E-state index contributed by atoms with van der Waals surface area (Å²) in [4.78, 5) is 27.1. The van der Waals surface area contributed by atoms with Crippen molar-refractivity contribution < 1.29 is 19.1 Å². The highest BCUT2D eigenvalue weighted by Gasteiger charge is 2.42. The van der Waals surface area contributed by atoms with Gasteiger partial charge in [0.15, 0.2) is 0 Å². The van der Waals surface area contributed by atoms with Crippen molar-refractivity contribution in [2.24, 2.45) is 11.8 Å². The highest BCUT2D eigenvalue weighted by atomic mass is 16.5. The van der Waals surface area contributed by atoms with Crippen LogP contribution < -0.4 is 14.8 Å². The van der Waals surface area contributed by atoms with E-state index in [9.17, 15) is 9.59 Å². The zero-order valence-electron chi connectivity index (χ0n) is 16.5. The van der Waals surface area contributed by atoms with Gasteiger partial charge < -0.3 is 19.7 Å². The molecule has 2 amide bonds. The molecule has 0 saturated carbocycles. The summed E-state index contributed by atoms with van der Waals surface area (Å²) in [6, 6.07) is 5.67. The summed E-state index contributed by atoms with van der Waals surface area (Å²) in [5, 5.41) is 2.99. The maximum Gasteiger partial charge on any atom is 0.225 e. The monoisotopic (exact) mass is 362 g/mol. The van der Waals surface area contributed by atoms with Crippen LogP contribution in [0.4, 0.5) is 0 Å². The van der Waals surface area contributed by atoms with E-state index in [1.165, 1.54) is 0 Å². The number of rotatable bonds is 6. The summed E-state index contributed by atoms with van der Waals surface area (Å²) < 4.78 is 10.8. The Hall–Kier alpha value is -2.24. The minimum atomic E-state index is -0.303. The molecule has 6 nitrogen and oxygen atoms in total. The molecule has 0 radical (unpaired) electrons. The molecule has 1 N–H and O–H groups in total. The molecular formula is C20H30N2O4. The highest BCUT2D eigenvalue weighted by Crippen LogP contribution is 2.39. The number of benzene rings is 1. The molecule has 1 saturated heterocycles. The van der Waals surface area contributed by atoms with Crippen LogP contribution in [0.25, 0.3) is 0 Å². The summed E-state index contributed by atoms with van der Waals surface area (Å²) in [6.45, 7) is 8.57. The van der Waals surface area contributed by atoms with Gasteiger partial charge in [-0.1, -0.05) is 19.9 Å². The third kappa shape index (κ3) is 4.29. The molecule has 2 atom stereocenters. The van der Waals surface area contributed by atoms with Crippen LogP contribution in [0.1, 0.15) is 39.2 Å². The molecule has 0 aliphatic carbocycles. The molecule has 0 aromatic heterocycles. The van der Waals surface area contributed by atoms with Crippen molar-refractivity contribution in [3.63, 3.8) is 0 Å². The van der Waals surface area contributed by atoms with Gasteiger partial charge in [-0.3, -0.25) is 9.59 Å². The van der Waals surface area contributed by atoms with Gasteiger partial charge in [-0.25, -0.2) is 0 Å². The van der Waals surface area contributed by atoms with E-state index in [1.807, 2.05) is 45.9 Å². The summed E-state index contributed by atoms with van der Waals surface area (Å²) in [5.74, 6) is 0.904. The first-order valence-electron chi connectivity index (χ1n) is 9.09. The minimum Gasteiger partial charge on any atom is -0.497 e. The minimum absolute atomic E-state index is 0.0260. The number of carbonyl (C=O) groups is 2. The Balaban J connectivity index is 2.38. The second-order valence-corrected chi connectivity index (χ2v) is 7.38. The molecule has 0 spiro atoms. The number of methoxy groups -OCH3 is 2. The van der Waals surface area contributed by atoms with Gasteiger partial charge in [-0.05, 0) is 19.9 Å². The van der Waals surface area contributed by atoms with Crippen molar-refractivity contribution in [2.75, 3.05) is 27.3 Å². The van der Waals surface area contributed by atoms with Crippen molar-refractivity contribution in [1.82, 2.24) is 10.2 Å². The third-order valence-electron chi connectivity index (χ3n) is 4.73. The van der Waals surface area contributed by atoms with E-state index in [0.29, 0.717) is 24.6 Å². The van der Waals surface area contributed by atoms with E-state index in [2.05, 4.69) is 5.32 Å². The van der Waals surface area contributed by atoms with Crippen molar-refractivity contribution in [2.45, 2.75) is 39.7 Å². The number of ether oxygens (including phenoxy) is 2. The van der Waals surface area contributed by atoms with Crippen LogP contribution in [-0.2, 0) is 9.59 Å². The van der Waals surface area contributed by atoms with E-state index >= 15 is 0 Å². The van der Waals surface area contributed by atoms with Gasteiger partial charge in [0.2, 0.25) is 11.8 Å². The Kier molecular flexibility index (Phi) is 6.51. The van der Waals surface area contributed by atoms with Gasteiger partial charge in [0.05, 0.1) is 20.1 Å². The van der Waals surface area contributed by atoms with Crippen molar-refractivity contribution in [3.05, 3.63) is 23.8 Å². The van der Waals surface area contributed by atoms with Gasteiger partial charge in [0.25, 0.3) is 0 Å². The number of hydrogen-bond donors (Lipinski definition) is 1. The molecule has 1 aromatic carbocycles. The van der Waals surface area contributed by atoms with Gasteiger partial charge in [-0.15, -0.1) is 0 Å². The Labute approximate surface area is 155 Å². The normalized spacial score (nSPS) is 19.8. The number of nitrogens with zero attached hydrogens (tertiary/aromatic N) is 1. The fourth-order valence-electron chi connectivity index (χ4n) is 3.45. The average molecular weight is 362 g/mol. The van der Waals surface area contributed by atoms with Crippen LogP contribution in [0.15, 0.2) is 18.2 Å². The van der Waals surface area contributed by atoms with Crippen LogP contribution in [0.3, 0.4) is 0 Å². The Bertz CT molecular complexity index is 657. The summed E-state index contributed by atoms with van der Waals surface area (Å²) in [6.07, 6.45) is 0. The molecule has 1 aliphatic rings. The van der Waals surface area contributed by atoms with E-state index in [0.717, 1.165) is 5.56 Å². The summed E-state index contributed by atoms with van der Waals surface area (Å²) in [5.41, 5.74) is 0.927. The molecule has 0 bridgehead atoms. The Morgan fingerprint density at radius 3 is 2.35 bits per heavy atom. The van der Waals surface area contributed by atoms with Gasteiger partial charge in [0.1, 0.15) is 11.5 Å². The zero-order chi connectivity index (χ0) is 19.4. The fourth-order valence-corrected chi connectivity index (χ4v) is 3.45. The van der Waals surface area contributed by atoms with Crippen LogP contribution >= 0.6 is 0 Å². The van der Waals surface area contributed by atoms with E-state index in [-0.39, 0.29) is 35.6 Å². The predicted octanol–water partition coefficient (Wildman–Crippen LogP) is 2.43. The number of likely N-dealkylation sites (tertiary alicyclic amines) is 1. The lowest BCUT2D eigenvalue weighted by Gasteiger charge is -2.21.